The molecule has 2 heterocycles. The van der Waals surface area contributed by atoms with E-state index < -0.39 is 6.10 Å². The number of halogens is 1. The summed E-state index contributed by atoms with van der Waals surface area (Å²) in [5.74, 6) is -0.213. The Bertz CT molecular complexity index is 610. The molecule has 3 N–H and O–H groups in total. The first-order chi connectivity index (χ1) is 11.1. The van der Waals surface area contributed by atoms with Gasteiger partial charge in [-0.05, 0) is 25.0 Å². The van der Waals surface area contributed by atoms with Crippen LogP contribution in [-0.2, 0) is 14.3 Å². The van der Waals surface area contributed by atoms with E-state index in [1.807, 2.05) is 12.1 Å². The smallest absolute Gasteiger partial charge is 0.249 e. The minimum atomic E-state index is -0.465. The number of nitrogens with zero attached hydrogens (tertiary/aromatic N) is 1. The number of carbonyl (C=O) groups excluding carboxylic acids is 2. The molecule has 2 aliphatic rings. The van der Waals surface area contributed by atoms with Gasteiger partial charge in [0.25, 0.3) is 0 Å². The summed E-state index contributed by atoms with van der Waals surface area (Å²) in [6.07, 6.45) is 1.22. The molecular formula is C16H20ClN3O3. The van der Waals surface area contributed by atoms with Gasteiger partial charge < -0.3 is 20.7 Å². The van der Waals surface area contributed by atoms with Gasteiger partial charge in [-0.3, -0.25) is 9.59 Å². The maximum absolute atomic E-state index is 12.2. The van der Waals surface area contributed by atoms with Gasteiger partial charge in [0.2, 0.25) is 11.8 Å². The van der Waals surface area contributed by atoms with Crippen molar-refractivity contribution < 1.29 is 14.3 Å². The fourth-order valence-corrected chi connectivity index (χ4v) is 3.31. The number of amides is 2. The molecule has 3 atom stereocenters. The average Bonchev–Trinajstić information content (AvgIpc) is 3.14. The molecule has 7 heteroatoms. The van der Waals surface area contributed by atoms with Crippen molar-refractivity contribution in [3.63, 3.8) is 0 Å². The van der Waals surface area contributed by atoms with Crippen LogP contribution < -0.4 is 16.0 Å². The normalized spacial score (nSPS) is 27.5. The molecule has 2 aliphatic heterocycles. The lowest BCUT2D eigenvalue weighted by molar-refractivity contribution is -0.132. The van der Waals surface area contributed by atoms with Gasteiger partial charge in [-0.2, -0.15) is 0 Å². The van der Waals surface area contributed by atoms with Gasteiger partial charge >= 0.3 is 0 Å². The fourth-order valence-electron chi connectivity index (χ4n) is 3.07. The summed E-state index contributed by atoms with van der Waals surface area (Å²) in [4.78, 5) is 26.1. The number of hydrogen-bond acceptors (Lipinski definition) is 4. The molecule has 2 saturated heterocycles. The van der Waals surface area contributed by atoms with E-state index >= 15 is 0 Å². The van der Waals surface area contributed by atoms with Gasteiger partial charge in [-0.1, -0.05) is 23.7 Å². The second kappa shape index (κ2) is 6.86. The number of benzene rings is 1. The highest BCUT2D eigenvalue weighted by molar-refractivity contribution is 6.33. The third-order valence-corrected chi connectivity index (χ3v) is 4.60. The second-order valence-electron chi connectivity index (χ2n) is 5.93. The molecule has 0 radical (unpaired) electrons. The molecule has 0 saturated carbocycles. The molecule has 0 aliphatic carbocycles. The monoisotopic (exact) mass is 337 g/mol. The molecule has 2 amide bonds. The van der Waals surface area contributed by atoms with Crippen molar-refractivity contribution in [3.05, 3.63) is 29.3 Å². The molecule has 1 unspecified atom stereocenters. The number of ether oxygens (including phenoxy) is 1. The average molecular weight is 338 g/mol. The van der Waals surface area contributed by atoms with Crippen LogP contribution in [-0.4, -0.2) is 43.2 Å². The first-order valence-corrected chi connectivity index (χ1v) is 8.17. The summed E-state index contributed by atoms with van der Waals surface area (Å²) < 4.78 is 5.58. The zero-order chi connectivity index (χ0) is 16.4. The lowest BCUT2D eigenvalue weighted by Crippen LogP contribution is -2.43. The van der Waals surface area contributed by atoms with Crippen molar-refractivity contribution in [3.8, 4) is 0 Å². The maximum atomic E-state index is 12.2. The molecule has 6 nitrogen and oxygen atoms in total. The van der Waals surface area contributed by atoms with Crippen molar-refractivity contribution in [2.45, 2.75) is 37.5 Å². The van der Waals surface area contributed by atoms with Crippen LogP contribution in [0.15, 0.2) is 24.3 Å². The summed E-state index contributed by atoms with van der Waals surface area (Å²) in [6, 6.07) is 6.97. The van der Waals surface area contributed by atoms with Crippen LogP contribution in [0.25, 0.3) is 0 Å². The van der Waals surface area contributed by atoms with E-state index in [2.05, 4.69) is 5.32 Å². The van der Waals surface area contributed by atoms with E-state index in [1.165, 1.54) is 0 Å². The van der Waals surface area contributed by atoms with Crippen LogP contribution in [0.1, 0.15) is 19.3 Å². The molecular weight excluding hydrogens is 318 g/mol. The highest BCUT2D eigenvalue weighted by Crippen LogP contribution is 2.29. The van der Waals surface area contributed by atoms with E-state index in [0.29, 0.717) is 30.2 Å². The SMILES string of the molecule is NC[C@H]1CC[C@@H](C(=O)NC2CC(=O)N(c3ccccc3Cl)C2)O1. The van der Waals surface area contributed by atoms with Crippen molar-refractivity contribution in [2.75, 3.05) is 18.0 Å². The Morgan fingerprint density at radius 1 is 1.39 bits per heavy atom. The molecule has 0 bridgehead atoms. The van der Waals surface area contributed by atoms with Crippen molar-refractivity contribution in [1.29, 1.82) is 0 Å². The molecule has 23 heavy (non-hydrogen) atoms. The highest BCUT2D eigenvalue weighted by Gasteiger charge is 2.36. The summed E-state index contributed by atoms with van der Waals surface area (Å²) in [6.45, 7) is 0.841. The van der Waals surface area contributed by atoms with Gasteiger partial charge in [0.05, 0.1) is 22.9 Å². The van der Waals surface area contributed by atoms with Gasteiger partial charge in [0.1, 0.15) is 6.10 Å². The van der Waals surface area contributed by atoms with Gasteiger partial charge in [0, 0.05) is 19.5 Å². The Morgan fingerprint density at radius 2 is 2.17 bits per heavy atom. The molecule has 3 rings (SSSR count). The minimum Gasteiger partial charge on any atom is -0.364 e. The Morgan fingerprint density at radius 3 is 2.87 bits per heavy atom. The third kappa shape index (κ3) is 3.49. The quantitative estimate of drug-likeness (QED) is 0.860. The van der Waals surface area contributed by atoms with Gasteiger partial charge in [-0.25, -0.2) is 0 Å². The van der Waals surface area contributed by atoms with Crippen molar-refractivity contribution in [2.24, 2.45) is 5.73 Å². The molecule has 124 valence electrons. The predicted octanol–water partition coefficient (Wildman–Crippen LogP) is 1.07. The molecule has 0 spiro atoms. The third-order valence-electron chi connectivity index (χ3n) is 4.28. The van der Waals surface area contributed by atoms with Gasteiger partial charge in [0.15, 0.2) is 0 Å². The minimum absolute atomic E-state index is 0.0458. The van der Waals surface area contributed by atoms with Crippen LogP contribution in [0.3, 0.4) is 0 Å². The second-order valence-corrected chi connectivity index (χ2v) is 6.33. The van der Waals surface area contributed by atoms with Crippen LogP contribution in [0.5, 0.6) is 0 Å². The first kappa shape index (κ1) is 16.2. The lowest BCUT2D eigenvalue weighted by atomic mass is 10.1. The maximum Gasteiger partial charge on any atom is 0.249 e. The van der Waals surface area contributed by atoms with Crippen LogP contribution in [0, 0.1) is 0 Å². The number of rotatable bonds is 4. The topological polar surface area (TPSA) is 84.7 Å². The predicted molar refractivity (Wildman–Crippen MR) is 87.3 cm³/mol. The van der Waals surface area contributed by atoms with Crippen molar-refractivity contribution >= 4 is 29.1 Å². The fraction of sp³-hybridized carbons (Fsp3) is 0.500. The number of anilines is 1. The Balaban J connectivity index is 1.60. The Labute approximate surface area is 139 Å². The molecule has 0 aromatic heterocycles. The number of carbonyl (C=O) groups is 2. The molecule has 2 fully saturated rings. The van der Waals surface area contributed by atoms with Crippen LogP contribution >= 0.6 is 11.6 Å². The van der Waals surface area contributed by atoms with E-state index in [4.69, 9.17) is 22.1 Å². The first-order valence-electron chi connectivity index (χ1n) is 7.79. The van der Waals surface area contributed by atoms with Gasteiger partial charge in [-0.15, -0.1) is 0 Å². The van der Waals surface area contributed by atoms with Crippen LogP contribution in [0.2, 0.25) is 5.02 Å². The Kier molecular flexibility index (Phi) is 4.84. The zero-order valence-corrected chi connectivity index (χ0v) is 13.5. The zero-order valence-electron chi connectivity index (χ0n) is 12.7. The summed E-state index contributed by atoms with van der Waals surface area (Å²) in [5.41, 5.74) is 6.23. The molecule has 1 aromatic carbocycles. The Hall–Kier alpha value is -1.63. The largest absolute Gasteiger partial charge is 0.364 e. The van der Waals surface area contributed by atoms with Crippen LogP contribution in [0.4, 0.5) is 5.69 Å². The summed E-state index contributed by atoms with van der Waals surface area (Å²) in [5, 5.41) is 3.43. The summed E-state index contributed by atoms with van der Waals surface area (Å²) >= 11 is 6.15. The van der Waals surface area contributed by atoms with E-state index in [9.17, 15) is 9.59 Å². The van der Waals surface area contributed by atoms with Crippen molar-refractivity contribution in [1.82, 2.24) is 5.32 Å². The number of nitrogens with one attached hydrogen (secondary N) is 1. The highest BCUT2D eigenvalue weighted by atomic mass is 35.5. The summed E-state index contributed by atoms with van der Waals surface area (Å²) in [7, 11) is 0. The number of hydrogen-bond donors (Lipinski definition) is 2. The van der Waals surface area contributed by atoms with E-state index in [0.717, 1.165) is 6.42 Å². The molecule has 1 aromatic rings. The lowest BCUT2D eigenvalue weighted by Gasteiger charge is -2.19. The number of para-hydroxylation sites is 1. The number of nitrogens with two attached hydrogens (primary N) is 1. The van der Waals surface area contributed by atoms with E-state index in [1.54, 1.807) is 17.0 Å². The van der Waals surface area contributed by atoms with E-state index in [-0.39, 0.29) is 30.4 Å². The standard InChI is InChI=1S/C16H20ClN3O3/c17-12-3-1-2-4-13(12)20-9-10(7-15(20)21)19-16(22)14-6-5-11(8-18)23-14/h1-4,10-11,14H,5-9,18H2,(H,19,22)/t10?,11-,14+/m1/s1.